The van der Waals surface area contributed by atoms with E-state index in [4.69, 9.17) is 0 Å². The van der Waals surface area contributed by atoms with E-state index in [1.165, 1.54) is 5.56 Å². The van der Waals surface area contributed by atoms with E-state index < -0.39 is 0 Å². The van der Waals surface area contributed by atoms with Crippen LogP contribution in [0.2, 0.25) is 0 Å². The molecule has 1 N–H and O–H groups in total. The lowest BCUT2D eigenvalue weighted by Gasteiger charge is -2.47. The third-order valence-electron chi connectivity index (χ3n) is 4.61. The van der Waals surface area contributed by atoms with E-state index in [1.54, 1.807) is 6.07 Å². The molecular weight excluding hydrogens is 263 g/mol. The molecule has 0 spiro atoms. The van der Waals surface area contributed by atoms with E-state index in [1.807, 2.05) is 0 Å². The highest BCUT2D eigenvalue weighted by Gasteiger charge is 2.36. The quantitative estimate of drug-likeness (QED) is 0.807. The Balaban J connectivity index is 2.37. The first-order valence-corrected chi connectivity index (χ1v) is 8.21. The van der Waals surface area contributed by atoms with Crippen molar-refractivity contribution in [2.75, 3.05) is 18.0 Å². The van der Waals surface area contributed by atoms with Crippen LogP contribution in [-0.4, -0.2) is 18.6 Å². The van der Waals surface area contributed by atoms with Gasteiger partial charge in [-0.25, -0.2) is 4.39 Å². The van der Waals surface area contributed by atoms with E-state index >= 15 is 0 Å². The van der Waals surface area contributed by atoms with Gasteiger partial charge in [-0.15, -0.1) is 0 Å². The summed E-state index contributed by atoms with van der Waals surface area (Å²) in [5.41, 5.74) is 3.27. The minimum Gasteiger partial charge on any atom is -0.366 e. The van der Waals surface area contributed by atoms with Crippen LogP contribution in [0, 0.1) is 5.82 Å². The van der Waals surface area contributed by atoms with Crippen LogP contribution in [0.1, 0.15) is 64.5 Å². The molecule has 1 heterocycles. The second-order valence-electron chi connectivity index (χ2n) is 6.84. The molecule has 0 radical (unpaired) electrons. The van der Waals surface area contributed by atoms with Gasteiger partial charge in [0.2, 0.25) is 0 Å². The maximum atomic E-state index is 14.4. The van der Waals surface area contributed by atoms with Gasteiger partial charge < -0.3 is 10.2 Å². The average Bonchev–Trinajstić information content (AvgIpc) is 2.39. The minimum atomic E-state index is -0.0827. The zero-order valence-corrected chi connectivity index (χ0v) is 14.1. The van der Waals surface area contributed by atoms with Gasteiger partial charge in [0, 0.05) is 29.9 Å². The molecule has 0 saturated heterocycles. The summed E-state index contributed by atoms with van der Waals surface area (Å²) >= 11 is 0. The molecule has 1 aromatic rings. The zero-order chi connectivity index (χ0) is 15.6. The van der Waals surface area contributed by atoms with Crippen molar-refractivity contribution in [3.63, 3.8) is 0 Å². The third-order valence-corrected chi connectivity index (χ3v) is 4.61. The fourth-order valence-corrected chi connectivity index (χ4v) is 3.68. The zero-order valence-electron chi connectivity index (χ0n) is 14.1. The monoisotopic (exact) mass is 292 g/mol. The van der Waals surface area contributed by atoms with Crippen molar-refractivity contribution in [1.29, 1.82) is 0 Å². The van der Waals surface area contributed by atoms with Gasteiger partial charge in [0.1, 0.15) is 5.82 Å². The summed E-state index contributed by atoms with van der Waals surface area (Å²) in [5, 5.41) is 3.30. The van der Waals surface area contributed by atoms with Crippen LogP contribution in [0.4, 0.5) is 10.1 Å². The molecule has 118 valence electrons. The Kier molecular flexibility index (Phi) is 4.92. The molecule has 0 fully saturated rings. The van der Waals surface area contributed by atoms with Gasteiger partial charge in [0.05, 0.1) is 0 Å². The fraction of sp³-hybridized carbons (Fsp3) is 0.667. The van der Waals surface area contributed by atoms with E-state index in [2.05, 4.69) is 50.9 Å². The van der Waals surface area contributed by atoms with E-state index in [0.29, 0.717) is 12.5 Å². The molecule has 21 heavy (non-hydrogen) atoms. The van der Waals surface area contributed by atoms with Gasteiger partial charge in [-0.2, -0.15) is 0 Å². The van der Waals surface area contributed by atoms with Gasteiger partial charge in [-0.3, -0.25) is 0 Å². The lowest BCUT2D eigenvalue weighted by molar-refractivity contribution is 0.380. The minimum absolute atomic E-state index is 0.0827. The lowest BCUT2D eigenvalue weighted by Crippen LogP contribution is -2.48. The number of nitrogens with zero attached hydrogens (tertiary/aromatic N) is 1. The predicted octanol–water partition coefficient (Wildman–Crippen LogP) is 4.44. The molecule has 0 aromatic heterocycles. The SMILES string of the molecule is CCCNCc1cc2c(cc1F)N(CC)C(C)(C)C[C@@H]2C. The Morgan fingerprint density at radius 2 is 2.05 bits per heavy atom. The van der Waals surface area contributed by atoms with Crippen LogP contribution in [0.5, 0.6) is 0 Å². The Labute approximate surface area is 128 Å². The number of hydrogen-bond acceptors (Lipinski definition) is 2. The summed E-state index contributed by atoms with van der Waals surface area (Å²) in [4.78, 5) is 2.34. The number of halogens is 1. The molecule has 0 saturated carbocycles. The van der Waals surface area contributed by atoms with Gasteiger partial charge in [-0.05, 0) is 63.8 Å². The highest BCUT2D eigenvalue weighted by molar-refractivity contribution is 5.61. The largest absolute Gasteiger partial charge is 0.366 e. The smallest absolute Gasteiger partial charge is 0.129 e. The van der Waals surface area contributed by atoms with Crippen molar-refractivity contribution < 1.29 is 4.39 Å². The maximum absolute atomic E-state index is 14.4. The topological polar surface area (TPSA) is 15.3 Å². The highest BCUT2D eigenvalue weighted by Crippen LogP contribution is 2.43. The standard InChI is InChI=1S/C18H29FN2/c1-6-8-20-12-14-9-15-13(3)11-18(4,5)21(7-2)17(15)10-16(14)19/h9-10,13,20H,6-8,11-12H2,1-5H3/t13-/m0/s1. The molecule has 0 bridgehead atoms. The van der Waals surface area contributed by atoms with Crippen molar-refractivity contribution in [3.8, 4) is 0 Å². The van der Waals surface area contributed by atoms with Crippen LogP contribution in [-0.2, 0) is 6.54 Å². The molecular formula is C18H29FN2. The van der Waals surface area contributed by atoms with Gasteiger partial charge >= 0.3 is 0 Å². The van der Waals surface area contributed by atoms with Crippen LogP contribution in [0.3, 0.4) is 0 Å². The third kappa shape index (κ3) is 3.23. The number of nitrogens with one attached hydrogen (secondary N) is 1. The first-order chi connectivity index (χ1) is 9.90. The second-order valence-corrected chi connectivity index (χ2v) is 6.84. The number of rotatable bonds is 5. The summed E-state index contributed by atoms with van der Waals surface area (Å²) in [6.45, 7) is 13.5. The molecule has 1 aliphatic rings. The predicted molar refractivity (Wildman–Crippen MR) is 88.5 cm³/mol. The summed E-state index contributed by atoms with van der Waals surface area (Å²) in [6, 6.07) is 3.83. The van der Waals surface area contributed by atoms with Crippen LogP contribution in [0.15, 0.2) is 12.1 Å². The van der Waals surface area contributed by atoms with Crippen molar-refractivity contribution in [2.45, 2.75) is 65.5 Å². The average molecular weight is 292 g/mol. The highest BCUT2D eigenvalue weighted by atomic mass is 19.1. The summed E-state index contributed by atoms with van der Waals surface area (Å²) in [7, 11) is 0. The van der Waals surface area contributed by atoms with Crippen molar-refractivity contribution >= 4 is 5.69 Å². The number of benzene rings is 1. The molecule has 1 aliphatic heterocycles. The van der Waals surface area contributed by atoms with Gasteiger partial charge in [-0.1, -0.05) is 13.8 Å². The Morgan fingerprint density at radius 1 is 1.33 bits per heavy atom. The van der Waals surface area contributed by atoms with Crippen LogP contribution >= 0.6 is 0 Å². The first-order valence-electron chi connectivity index (χ1n) is 8.21. The first kappa shape index (κ1) is 16.3. The number of anilines is 1. The second kappa shape index (κ2) is 6.35. The van der Waals surface area contributed by atoms with Crippen molar-refractivity contribution in [3.05, 3.63) is 29.1 Å². The summed E-state index contributed by atoms with van der Waals surface area (Å²) in [6.07, 6.45) is 2.18. The normalized spacial score (nSPS) is 20.5. The Hall–Kier alpha value is -1.09. The van der Waals surface area contributed by atoms with E-state index in [0.717, 1.165) is 37.2 Å². The molecule has 1 aromatic carbocycles. The van der Waals surface area contributed by atoms with Crippen molar-refractivity contribution in [2.24, 2.45) is 0 Å². The van der Waals surface area contributed by atoms with Crippen LogP contribution < -0.4 is 10.2 Å². The van der Waals surface area contributed by atoms with E-state index in [9.17, 15) is 4.39 Å². The fourth-order valence-electron chi connectivity index (χ4n) is 3.68. The maximum Gasteiger partial charge on any atom is 0.129 e. The molecule has 0 aliphatic carbocycles. The van der Waals surface area contributed by atoms with Gasteiger partial charge in [0.25, 0.3) is 0 Å². The molecule has 0 amide bonds. The number of hydrogen-bond donors (Lipinski definition) is 1. The molecule has 0 unspecified atom stereocenters. The lowest BCUT2D eigenvalue weighted by atomic mass is 9.79. The Bertz CT molecular complexity index is 496. The number of fused-ring (bicyclic) bond motifs is 1. The molecule has 2 nitrogen and oxygen atoms in total. The molecule has 2 rings (SSSR count). The van der Waals surface area contributed by atoms with Crippen LogP contribution in [0.25, 0.3) is 0 Å². The summed E-state index contributed by atoms with van der Waals surface area (Å²) in [5.74, 6) is 0.393. The Morgan fingerprint density at radius 3 is 2.67 bits per heavy atom. The summed E-state index contributed by atoms with van der Waals surface area (Å²) < 4.78 is 14.4. The molecule has 1 atom stereocenters. The van der Waals surface area contributed by atoms with Gasteiger partial charge in [0.15, 0.2) is 0 Å². The van der Waals surface area contributed by atoms with Crippen molar-refractivity contribution in [1.82, 2.24) is 5.32 Å². The van der Waals surface area contributed by atoms with E-state index in [-0.39, 0.29) is 11.4 Å². The molecule has 3 heteroatoms.